The van der Waals surface area contributed by atoms with Gasteiger partial charge in [-0.3, -0.25) is 0 Å². The topological polar surface area (TPSA) is 17.8 Å². The molecule has 0 atom stereocenters. The van der Waals surface area contributed by atoms with Gasteiger partial charge in [-0.05, 0) is 72.7 Å². The number of rotatable bonds is 5. The summed E-state index contributed by atoms with van der Waals surface area (Å²) in [6, 6.07) is 16.7. The molecule has 0 spiro atoms. The van der Waals surface area contributed by atoms with Crippen molar-refractivity contribution < 1.29 is 0 Å². The molecule has 0 aliphatic carbocycles. The number of hydrogen-bond donors (Lipinski definition) is 0. The first kappa shape index (κ1) is 16.8. The molecule has 0 aliphatic heterocycles. The Morgan fingerprint density at radius 3 is 2.21 bits per heavy atom. The molecule has 1 aromatic heterocycles. The lowest BCUT2D eigenvalue weighted by Crippen LogP contribution is -2.05. The monoisotopic (exact) mass is 338 g/mol. The molecule has 3 rings (SSSR count). The predicted octanol–water partition coefficient (Wildman–Crippen LogP) is 6.40. The van der Waals surface area contributed by atoms with Gasteiger partial charge in [0.15, 0.2) is 0 Å². The van der Waals surface area contributed by atoms with Crippen molar-refractivity contribution in [3.05, 3.63) is 71.0 Å². The molecule has 0 radical (unpaired) electrons. The summed E-state index contributed by atoms with van der Waals surface area (Å²) in [7, 11) is 0. The van der Waals surface area contributed by atoms with Gasteiger partial charge in [-0.15, -0.1) is 0 Å². The van der Waals surface area contributed by atoms with Gasteiger partial charge in [-0.2, -0.15) is 5.10 Å². The van der Waals surface area contributed by atoms with Gasteiger partial charge in [0.25, 0.3) is 0 Å². The van der Waals surface area contributed by atoms with Gasteiger partial charge < -0.3 is 0 Å². The molecular weight excluding hydrogens is 316 g/mol. The Kier molecular flexibility index (Phi) is 5.06. The lowest BCUT2D eigenvalue weighted by Gasteiger charge is -2.19. The average molecular weight is 339 g/mol. The van der Waals surface area contributed by atoms with E-state index in [1.54, 1.807) is 0 Å². The molecule has 0 N–H and O–H groups in total. The lowest BCUT2D eigenvalue weighted by atomic mass is 9.90. The maximum Gasteiger partial charge on any atom is 0.0680 e. The zero-order chi connectivity index (χ0) is 17.1. The highest BCUT2D eigenvalue weighted by atomic mass is 35.5. The minimum Gasteiger partial charge on any atom is -0.240 e. The first-order chi connectivity index (χ1) is 11.6. The smallest absolute Gasteiger partial charge is 0.0680 e. The molecule has 0 fully saturated rings. The van der Waals surface area contributed by atoms with Gasteiger partial charge >= 0.3 is 0 Å². The highest BCUT2D eigenvalue weighted by Gasteiger charge is 2.15. The van der Waals surface area contributed by atoms with Crippen molar-refractivity contribution in [2.75, 3.05) is 0 Å². The van der Waals surface area contributed by atoms with E-state index >= 15 is 0 Å². The number of aromatic nitrogens is 2. The molecule has 0 aliphatic rings. The Morgan fingerprint density at radius 1 is 0.958 bits per heavy atom. The summed E-state index contributed by atoms with van der Waals surface area (Å²) in [6.45, 7) is 6.53. The summed E-state index contributed by atoms with van der Waals surface area (Å²) >= 11 is 6.02. The quantitative estimate of drug-likeness (QED) is 0.526. The first-order valence-corrected chi connectivity index (χ1v) is 8.92. The molecule has 0 bridgehead atoms. The molecule has 0 saturated carbocycles. The second-order valence-corrected chi connectivity index (χ2v) is 6.63. The predicted molar refractivity (Wildman–Crippen MR) is 102 cm³/mol. The Hall–Kier alpha value is -2.06. The molecule has 3 aromatic rings. The average Bonchev–Trinajstić information content (AvgIpc) is 3.03. The third-order valence-electron chi connectivity index (χ3n) is 4.60. The maximum atomic E-state index is 6.02. The van der Waals surface area contributed by atoms with Crippen LogP contribution in [0, 0.1) is 6.92 Å². The van der Waals surface area contributed by atoms with Crippen molar-refractivity contribution in [1.29, 1.82) is 0 Å². The fourth-order valence-electron chi connectivity index (χ4n) is 3.19. The Balaban J connectivity index is 2.11. The minimum atomic E-state index is 0.525. The summed E-state index contributed by atoms with van der Waals surface area (Å²) in [6.07, 6.45) is 4.28. The van der Waals surface area contributed by atoms with Crippen LogP contribution in [0.1, 0.15) is 43.9 Å². The fraction of sp³-hybridized carbons (Fsp3) is 0.286. The Bertz CT molecular complexity index is 814. The van der Waals surface area contributed by atoms with Gasteiger partial charge in [0.05, 0.1) is 11.4 Å². The zero-order valence-corrected chi connectivity index (χ0v) is 15.2. The van der Waals surface area contributed by atoms with E-state index in [1.165, 1.54) is 22.4 Å². The molecule has 2 aromatic carbocycles. The summed E-state index contributed by atoms with van der Waals surface area (Å²) in [5, 5.41) is 5.37. The van der Waals surface area contributed by atoms with Gasteiger partial charge in [0.1, 0.15) is 0 Å². The number of hydrogen-bond acceptors (Lipinski definition) is 1. The summed E-state index contributed by atoms with van der Waals surface area (Å²) in [5.74, 6) is 0.525. The van der Waals surface area contributed by atoms with E-state index < -0.39 is 0 Å². The number of aryl methyl sites for hydroxylation is 1. The highest BCUT2D eigenvalue weighted by molar-refractivity contribution is 6.30. The lowest BCUT2D eigenvalue weighted by molar-refractivity contribution is 0.634. The van der Waals surface area contributed by atoms with Gasteiger partial charge in [0, 0.05) is 11.2 Å². The van der Waals surface area contributed by atoms with Crippen molar-refractivity contribution in [3.63, 3.8) is 0 Å². The Morgan fingerprint density at radius 2 is 1.62 bits per heavy atom. The Labute approximate surface area is 149 Å². The van der Waals surface area contributed by atoms with E-state index in [0.717, 1.165) is 23.6 Å². The maximum absolute atomic E-state index is 6.02. The molecule has 0 unspecified atom stereocenters. The molecule has 1 heterocycles. The normalized spacial score (nSPS) is 11.2. The van der Waals surface area contributed by atoms with Crippen LogP contribution >= 0.6 is 11.6 Å². The van der Waals surface area contributed by atoms with Gasteiger partial charge in [-0.1, -0.05) is 43.6 Å². The zero-order valence-electron chi connectivity index (χ0n) is 14.5. The third-order valence-corrected chi connectivity index (χ3v) is 4.85. The number of benzene rings is 2. The molecule has 124 valence electrons. The van der Waals surface area contributed by atoms with Crippen LogP contribution < -0.4 is 0 Å². The summed E-state index contributed by atoms with van der Waals surface area (Å²) in [5.41, 5.74) is 5.98. The molecule has 24 heavy (non-hydrogen) atoms. The first-order valence-electron chi connectivity index (χ1n) is 8.55. The molecule has 3 heteroatoms. The van der Waals surface area contributed by atoms with Crippen LogP contribution in [0.2, 0.25) is 5.02 Å². The van der Waals surface area contributed by atoms with Gasteiger partial charge in [0.2, 0.25) is 0 Å². The highest BCUT2D eigenvalue weighted by Crippen LogP contribution is 2.33. The summed E-state index contributed by atoms with van der Waals surface area (Å²) < 4.78 is 1.99. The standard InChI is InChI=1S/C21H23ClN2/c1-4-16(5-2)20-14-18(17-6-9-19(22)10-7-17)8-11-21(20)24-13-12-15(3)23-24/h6-14,16H,4-5H2,1-3H3. The van der Waals surface area contributed by atoms with Crippen LogP contribution in [0.3, 0.4) is 0 Å². The van der Waals surface area contributed by atoms with Crippen LogP contribution in [0.4, 0.5) is 0 Å². The fourth-order valence-corrected chi connectivity index (χ4v) is 3.32. The van der Waals surface area contributed by atoms with E-state index in [1.807, 2.05) is 36.0 Å². The van der Waals surface area contributed by atoms with E-state index in [4.69, 9.17) is 11.6 Å². The second-order valence-electron chi connectivity index (χ2n) is 6.20. The molecular formula is C21H23ClN2. The van der Waals surface area contributed by atoms with Crippen LogP contribution in [0.15, 0.2) is 54.7 Å². The van der Waals surface area contributed by atoms with Crippen molar-refractivity contribution in [2.24, 2.45) is 0 Å². The SMILES string of the molecule is CCC(CC)c1cc(-c2ccc(Cl)cc2)ccc1-n1ccc(C)n1. The number of nitrogens with zero attached hydrogens (tertiary/aromatic N) is 2. The van der Waals surface area contributed by atoms with E-state index in [0.29, 0.717) is 5.92 Å². The van der Waals surface area contributed by atoms with Crippen LogP contribution in [0.5, 0.6) is 0 Å². The molecule has 0 amide bonds. The van der Waals surface area contributed by atoms with Gasteiger partial charge in [-0.25, -0.2) is 4.68 Å². The second kappa shape index (κ2) is 7.23. The van der Waals surface area contributed by atoms with Crippen molar-refractivity contribution in [2.45, 2.75) is 39.5 Å². The largest absolute Gasteiger partial charge is 0.240 e. The third kappa shape index (κ3) is 3.39. The van der Waals surface area contributed by atoms with Crippen molar-refractivity contribution >= 4 is 11.6 Å². The number of halogens is 1. The van der Waals surface area contributed by atoms with E-state index in [-0.39, 0.29) is 0 Å². The van der Waals surface area contributed by atoms with E-state index in [9.17, 15) is 0 Å². The minimum absolute atomic E-state index is 0.525. The molecule has 2 nitrogen and oxygen atoms in total. The van der Waals surface area contributed by atoms with Crippen molar-refractivity contribution in [3.8, 4) is 16.8 Å². The van der Waals surface area contributed by atoms with E-state index in [2.05, 4.69) is 49.3 Å². The summed E-state index contributed by atoms with van der Waals surface area (Å²) in [4.78, 5) is 0. The van der Waals surface area contributed by atoms with Crippen LogP contribution in [-0.4, -0.2) is 9.78 Å². The molecule has 0 saturated heterocycles. The van der Waals surface area contributed by atoms with Crippen molar-refractivity contribution in [1.82, 2.24) is 9.78 Å². The van der Waals surface area contributed by atoms with Crippen LogP contribution in [0.25, 0.3) is 16.8 Å². The van der Waals surface area contributed by atoms with Crippen LogP contribution in [-0.2, 0) is 0 Å².